The van der Waals surface area contributed by atoms with Gasteiger partial charge in [-0.2, -0.15) is 5.10 Å². The van der Waals surface area contributed by atoms with Crippen molar-refractivity contribution in [3.05, 3.63) is 131 Å². The van der Waals surface area contributed by atoms with Gasteiger partial charge in [0.1, 0.15) is 17.3 Å². The molecule has 3 heterocycles. The number of para-hydroxylation sites is 1. The Kier molecular flexibility index (Phi) is 9.09. The fraction of sp³-hybridized carbons (Fsp3) is 0.304. The van der Waals surface area contributed by atoms with Gasteiger partial charge >= 0.3 is 0 Å². The lowest BCUT2D eigenvalue weighted by molar-refractivity contribution is 0.478. The van der Waals surface area contributed by atoms with Crippen LogP contribution in [0.1, 0.15) is 93.9 Å². The van der Waals surface area contributed by atoms with Gasteiger partial charge in [-0.25, -0.2) is 9.67 Å². The molecule has 260 valence electrons. The highest BCUT2D eigenvalue weighted by Crippen LogP contribution is 2.39. The minimum atomic E-state index is -0.0984. The van der Waals surface area contributed by atoms with E-state index >= 15 is 0 Å². The molecule has 0 unspecified atom stereocenters. The minimum absolute atomic E-state index is 0.0984. The van der Waals surface area contributed by atoms with Crippen LogP contribution >= 0.6 is 0 Å². The molecule has 0 spiro atoms. The molecule has 0 fully saturated rings. The smallest absolute Gasteiger partial charge is 0.137 e. The van der Waals surface area contributed by atoms with Crippen molar-refractivity contribution in [1.29, 1.82) is 0 Å². The number of hydrogen-bond acceptors (Lipinski definition) is 3. The largest absolute Gasteiger partial charge is 0.457 e. The number of fused-ring (bicyclic) bond motifs is 3. The van der Waals surface area contributed by atoms with Crippen molar-refractivity contribution in [2.45, 2.75) is 92.9 Å². The maximum atomic E-state index is 6.84. The summed E-state index contributed by atoms with van der Waals surface area (Å²) >= 11 is 0. The first-order valence-electron chi connectivity index (χ1n) is 18.4. The Morgan fingerprint density at radius 2 is 1.49 bits per heavy atom. The number of unbranched alkanes of at least 4 members (excludes halogenated alkanes) is 1. The highest BCUT2D eigenvalue weighted by atomic mass is 16.5. The summed E-state index contributed by atoms with van der Waals surface area (Å²) < 4.78 is 11.3. The lowest BCUT2D eigenvalue weighted by Gasteiger charge is -2.22. The Morgan fingerprint density at radius 1 is 0.745 bits per heavy atom. The molecule has 0 saturated carbocycles. The summed E-state index contributed by atoms with van der Waals surface area (Å²) in [6, 6.07) is 32.5. The van der Waals surface area contributed by atoms with Crippen LogP contribution in [-0.2, 0) is 11.8 Å². The van der Waals surface area contributed by atoms with Gasteiger partial charge in [-0.05, 0) is 115 Å². The van der Waals surface area contributed by atoms with Crippen molar-refractivity contribution in [2.75, 3.05) is 0 Å². The Bertz CT molecular complexity index is 2360. The van der Waals surface area contributed by atoms with Crippen LogP contribution in [0.4, 0.5) is 0 Å². The van der Waals surface area contributed by atoms with Crippen molar-refractivity contribution in [3.63, 3.8) is 0 Å². The molecule has 0 aliphatic heterocycles. The van der Waals surface area contributed by atoms with Crippen LogP contribution in [0.25, 0.3) is 44.4 Å². The zero-order valence-corrected chi connectivity index (χ0v) is 31.6. The molecular weight excluding hydrogens is 625 g/mol. The van der Waals surface area contributed by atoms with Crippen LogP contribution in [0.15, 0.2) is 97.2 Å². The molecular formula is C46H50N4O. The SMILES string of the molecule is CCCCc1c(-c2c(C)cccc2C)c(C)nn1-c1cc(Oc2ccc3c4ccccc4n(-c4cc(C(C)C)ccn4)c3c2)cc(C(C)(C)C)c1. The van der Waals surface area contributed by atoms with Crippen LogP contribution in [0.2, 0.25) is 0 Å². The average molecular weight is 675 g/mol. The van der Waals surface area contributed by atoms with Crippen LogP contribution in [0.3, 0.4) is 0 Å². The fourth-order valence-corrected chi connectivity index (χ4v) is 7.41. The molecule has 4 aromatic carbocycles. The van der Waals surface area contributed by atoms with Crippen LogP contribution in [0, 0.1) is 20.8 Å². The van der Waals surface area contributed by atoms with E-state index in [4.69, 9.17) is 14.8 Å². The maximum absolute atomic E-state index is 6.84. The molecule has 0 saturated heterocycles. The quantitative estimate of drug-likeness (QED) is 0.153. The highest BCUT2D eigenvalue weighted by Gasteiger charge is 2.23. The number of benzene rings is 4. The van der Waals surface area contributed by atoms with Gasteiger partial charge in [0.25, 0.3) is 0 Å². The molecule has 7 rings (SSSR count). The zero-order valence-electron chi connectivity index (χ0n) is 31.6. The molecule has 5 nitrogen and oxygen atoms in total. The van der Waals surface area contributed by atoms with E-state index in [1.165, 1.54) is 49.8 Å². The van der Waals surface area contributed by atoms with Gasteiger partial charge < -0.3 is 4.74 Å². The van der Waals surface area contributed by atoms with Gasteiger partial charge in [0.05, 0.1) is 28.1 Å². The van der Waals surface area contributed by atoms with Crippen LogP contribution < -0.4 is 4.74 Å². The molecule has 0 N–H and O–H groups in total. The molecule has 7 aromatic rings. The van der Waals surface area contributed by atoms with Gasteiger partial charge in [-0.1, -0.05) is 84.4 Å². The van der Waals surface area contributed by atoms with Crippen molar-refractivity contribution < 1.29 is 4.74 Å². The molecule has 0 aliphatic rings. The summed E-state index contributed by atoms with van der Waals surface area (Å²) in [7, 11) is 0. The molecule has 0 radical (unpaired) electrons. The van der Waals surface area contributed by atoms with Crippen molar-refractivity contribution in [1.82, 2.24) is 19.3 Å². The Morgan fingerprint density at radius 3 is 2.22 bits per heavy atom. The maximum Gasteiger partial charge on any atom is 0.137 e. The normalized spacial score (nSPS) is 12.0. The van der Waals surface area contributed by atoms with E-state index in [0.29, 0.717) is 5.92 Å². The fourth-order valence-electron chi connectivity index (χ4n) is 7.41. The Hall–Kier alpha value is -5.16. The minimum Gasteiger partial charge on any atom is -0.457 e. The number of aromatic nitrogens is 4. The van der Waals surface area contributed by atoms with E-state index in [-0.39, 0.29) is 5.41 Å². The Labute approximate surface area is 302 Å². The lowest BCUT2D eigenvalue weighted by atomic mass is 9.86. The monoisotopic (exact) mass is 674 g/mol. The molecule has 0 atom stereocenters. The third kappa shape index (κ3) is 6.46. The van der Waals surface area contributed by atoms with Gasteiger partial charge in [0, 0.05) is 34.7 Å². The van der Waals surface area contributed by atoms with E-state index in [0.717, 1.165) is 59.0 Å². The molecule has 3 aromatic heterocycles. The molecule has 0 bridgehead atoms. The predicted molar refractivity (Wildman–Crippen MR) is 213 cm³/mol. The number of aryl methyl sites for hydroxylation is 3. The third-order valence-corrected chi connectivity index (χ3v) is 10.2. The standard InChI is InChI=1S/C46H50N4O/c1-10-11-18-41-45(44-30(4)15-14-16-31(44)5)32(6)48-50(41)35-25-34(46(7,8)9)26-37(27-35)51-36-20-21-39-38-17-12-13-19-40(38)49(42(39)28-36)43-24-33(29(2)3)22-23-47-43/h12-17,19-29H,10-11,18H2,1-9H3. The molecule has 0 amide bonds. The third-order valence-electron chi connectivity index (χ3n) is 10.2. The summed E-state index contributed by atoms with van der Waals surface area (Å²) in [5.74, 6) is 2.89. The topological polar surface area (TPSA) is 44.9 Å². The van der Waals surface area contributed by atoms with Gasteiger partial charge in [0.15, 0.2) is 0 Å². The van der Waals surface area contributed by atoms with E-state index in [1.54, 1.807) is 0 Å². The zero-order chi connectivity index (χ0) is 36.0. The second kappa shape index (κ2) is 13.5. The number of hydrogen-bond donors (Lipinski definition) is 0. The van der Waals surface area contributed by atoms with Crippen molar-refractivity contribution >= 4 is 21.8 Å². The van der Waals surface area contributed by atoms with Gasteiger partial charge in [-0.3, -0.25) is 4.57 Å². The number of ether oxygens (including phenoxy) is 1. The summed E-state index contributed by atoms with van der Waals surface area (Å²) in [6.45, 7) is 20.0. The molecule has 0 aliphatic carbocycles. The van der Waals surface area contributed by atoms with Crippen molar-refractivity contribution in [3.8, 4) is 34.1 Å². The summed E-state index contributed by atoms with van der Waals surface area (Å²) in [4.78, 5) is 4.85. The van der Waals surface area contributed by atoms with Gasteiger partial charge in [-0.15, -0.1) is 0 Å². The van der Waals surface area contributed by atoms with Gasteiger partial charge in [0.2, 0.25) is 0 Å². The first-order chi connectivity index (χ1) is 24.4. The summed E-state index contributed by atoms with van der Waals surface area (Å²) in [5, 5.41) is 7.61. The van der Waals surface area contributed by atoms with Crippen molar-refractivity contribution in [2.24, 2.45) is 0 Å². The summed E-state index contributed by atoms with van der Waals surface area (Å²) in [6.07, 6.45) is 5.07. The van der Waals surface area contributed by atoms with E-state index in [2.05, 4.69) is 163 Å². The van der Waals surface area contributed by atoms with Crippen LogP contribution in [0.5, 0.6) is 11.5 Å². The second-order valence-corrected chi connectivity index (χ2v) is 15.4. The highest BCUT2D eigenvalue weighted by molar-refractivity contribution is 6.09. The van der Waals surface area contributed by atoms with E-state index < -0.39 is 0 Å². The number of rotatable bonds is 9. The Balaban J connectivity index is 1.38. The molecule has 5 heteroatoms. The van der Waals surface area contributed by atoms with E-state index in [1.807, 2.05) is 6.20 Å². The van der Waals surface area contributed by atoms with E-state index in [9.17, 15) is 0 Å². The lowest BCUT2D eigenvalue weighted by Crippen LogP contribution is -2.13. The first-order valence-corrected chi connectivity index (χ1v) is 18.4. The first kappa shape index (κ1) is 34.3. The van der Waals surface area contributed by atoms with Crippen LogP contribution in [-0.4, -0.2) is 19.3 Å². The molecule has 51 heavy (non-hydrogen) atoms. The predicted octanol–water partition coefficient (Wildman–Crippen LogP) is 12.5. The number of nitrogens with zero attached hydrogens (tertiary/aromatic N) is 4. The average Bonchev–Trinajstić information content (AvgIpc) is 3.60. The second-order valence-electron chi connectivity index (χ2n) is 15.4. The number of pyridine rings is 1. The summed E-state index contributed by atoms with van der Waals surface area (Å²) in [5.41, 5.74) is 13.0.